The SMILES string of the molecule is Nc1cc(Cl)c(Cl)c(C(=O)N2CCCCO2)c1. The Hall–Kier alpha value is -0.970. The van der Waals surface area contributed by atoms with E-state index in [9.17, 15) is 4.79 Å². The van der Waals surface area contributed by atoms with Crippen LogP contribution in [0.2, 0.25) is 10.0 Å². The van der Waals surface area contributed by atoms with Crippen LogP contribution in [0.5, 0.6) is 0 Å². The fourth-order valence-electron chi connectivity index (χ4n) is 1.66. The number of benzene rings is 1. The average Bonchev–Trinajstić information content (AvgIpc) is 2.34. The van der Waals surface area contributed by atoms with E-state index in [1.807, 2.05) is 0 Å². The van der Waals surface area contributed by atoms with Gasteiger partial charge in [-0.1, -0.05) is 23.2 Å². The van der Waals surface area contributed by atoms with E-state index >= 15 is 0 Å². The molecule has 1 aromatic rings. The van der Waals surface area contributed by atoms with Gasteiger partial charge in [-0.05, 0) is 25.0 Å². The first-order chi connectivity index (χ1) is 8.09. The number of nitrogens with zero attached hydrogens (tertiary/aromatic N) is 1. The van der Waals surface area contributed by atoms with Gasteiger partial charge in [-0.15, -0.1) is 0 Å². The number of hydrogen-bond donors (Lipinski definition) is 1. The molecule has 1 aromatic carbocycles. The molecule has 1 aliphatic rings. The lowest BCUT2D eigenvalue weighted by Gasteiger charge is -2.26. The smallest absolute Gasteiger partial charge is 0.279 e. The predicted octanol–water partition coefficient (Wildman–Crippen LogP) is 2.74. The second kappa shape index (κ2) is 5.12. The first kappa shape index (κ1) is 12.5. The van der Waals surface area contributed by atoms with Crippen LogP contribution in [-0.4, -0.2) is 24.1 Å². The van der Waals surface area contributed by atoms with Crippen molar-refractivity contribution in [2.24, 2.45) is 0 Å². The van der Waals surface area contributed by atoms with Crippen molar-refractivity contribution >= 4 is 34.8 Å². The van der Waals surface area contributed by atoms with Gasteiger partial charge in [-0.3, -0.25) is 9.63 Å². The Morgan fingerprint density at radius 2 is 2.12 bits per heavy atom. The Labute approximate surface area is 109 Å². The van der Waals surface area contributed by atoms with Crippen LogP contribution in [0.3, 0.4) is 0 Å². The van der Waals surface area contributed by atoms with Crippen molar-refractivity contribution in [3.05, 3.63) is 27.7 Å². The van der Waals surface area contributed by atoms with Crippen molar-refractivity contribution in [3.8, 4) is 0 Å². The largest absolute Gasteiger partial charge is 0.399 e. The summed E-state index contributed by atoms with van der Waals surface area (Å²) in [6, 6.07) is 3.02. The lowest BCUT2D eigenvalue weighted by atomic mass is 10.1. The standard InChI is InChI=1S/C11H12Cl2N2O2/c12-9-6-7(14)5-8(10(9)13)11(16)15-3-1-2-4-17-15/h5-6H,1-4,14H2. The zero-order valence-corrected chi connectivity index (χ0v) is 10.6. The summed E-state index contributed by atoms with van der Waals surface area (Å²) in [5.74, 6) is -0.302. The van der Waals surface area contributed by atoms with Crippen LogP contribution in [-0.2, 0) is 4.84 Å². The molecule has 0 saturated carbocycles. The van der Waals surface area contributed by atoms with Crippen LogP contribution in [0.1, 0.15) is 23.2 Å². The van der Waals surface area contributed by atoms with Crippen molar-refractivity contribution < 1.29 is 9.63 Å². The van der Waals surface area contributed by atoms with Crippen molar-refractivity contribution in [1.29, 1.82) is 0 Å². The lowest BCUT2D eigenvalue weighted by Crippen LogP contribution is -2.35. The third kappa shape index (κ3) is 2.65. The Morgan fingerprint density at radius 3 is 2.76 bits per heavy atom. The van der Waals surface area contributed by atoms with Crippen molar-refractivity contribution in [2.75, 3.05) is 18.9 Å². The molecular weight excluding hydrogens is 263 g/mol. The third-order valence-electron chi connectivity index (χ3n) is 2.51. The quantitative estimate of drug-likeness (QED) is 0.802. The van der Waals surface area contributed by atoms with Gasteiger partial charge < -0.3 is 5.73 Å². The van der Waals surface area contributed by atoms with Gasteiger partial charge in [0.1, 0.15) is 0 Å². The van der Waals surface area contributed by atoms with Crippen LogP contribution in [0.15, 0.2) is 12.1 Å². The molecule has 0 aliphatic carbocycles. The van der Waals surface area contributed by atoms with Crippen LogP contribution in [0.4, 0.5) is 5.69 Å². The van der Waals surface area contributed by atoms with E-state index < -0.39 is 0 Å². The molecule has 17 heavy (non-hydrogen) atoms. The van der Waals surface area contributed by atoms with Gasteiger partial charge in [-0.2, -0.15) is 0 Å². The van der Waals surface area contributed by atoms with E-state index in [0.29, 0.717) is 18.8 Å². The van der Waals surface area contributed by atoms with Crippen LogP contribution in [0, 0.1) is 0 Å². The lowest BCUT2D eigenvalue weighted by molar-refractivity contribution is -0.144. The van der Waals surface area contributed by atoms with E-state index in [1.54, 1.807) is 0 Å². The zero-order chi connectivity index (χ0) is 12.4. The maximum atomic E-state index is 12.1. The first-order valence-corrected chi connectivity index (χ1v) is 6.04. The third-order valence-corrected chi connectivity index (χ3v) is 3.31. The maximum Gasteiger partial charge on any atom is 0.279 e. The Balaban J connectivity index is 2.29. The normalized spacial score (nSPS) is 16.0. The highest BCUT2D eigenvalue weighted by molar-refractivity contribution is 6.44. The summed E-state index contributed by atoms with van der Waals surface area (Å²) < 4.78 is 0. The van der Waals surface area contributed by atoms with Crippen molar-refractivity contribution in [1.82, 2.24) is 5.06 Å². The average molecular weight is 275 g/mol. The Morgan fingerprint density at radius 1 is 1.35 bits per heavy atom. The summed E-state index contributed by atoms with van der Waals surface area (Å²) in [6.45, 7) is 1.10. The molecule has 0 unspecified atom stereocenters. The van der Waals surface area contributed by atoms with E-state index in [2.05, 4.69) is 0 Å². The highest BCUT2D eigenvalue weighted by Gasteiger charge is 2.23. The van der Waals surface area contributed by atoms with E-state index in [-0.39, 0.29) is 21.5 Å². The van der Waals surface area contributed by atoms with Gasteiger partial charge in [-0.25, -0.2) is 5.06 Å². The number of hydrogen-bond acceptors (Lipinski definition) is 3. The zero-order valence-electron chi connectivity index (χ0n) is 9.08. The molecule has 0 bridgehead atoms. The minimum Gasteiger partial charge on any atom is -0.399 e. The van der Waals surface area contributed by atoms with E-state index in [4.69, 9.17) is 33.8 Å². The highest BCUT2D eigenvalue weighted by atomic mass is 35.5. The molecule has 0 spiro atoms. The molecule has 4 nitrogen and oxygen atoms in total. The summed E-state index contributed by atoms with van der Waals surface area (Å²) in [5.41, 5.74) is 6.32. The second-order valence-corrected chi connectivity index (χ2v) is 4.60. The number of carbonyl (C=O) groups is 1. The van der Waals surface area contributed by atoms with Gasteiger partial charge in [0, 0.05) is 12.2 Å². The number of anilines is 1. The van der Waals surface area contributed by atoms with Crippen molar-refractivity contribution in [2.45, 2.75) is 12.8 Å². The molecule has 92 valence electrons. The summed E-state index contributed by atoms with van der Waals surface area (Å²) >= 11 is 11.9. The summed E-state index contributed by atoms with van der Waals surface area (Å²) in [5, 5.41) is 1.78. The minimum atomic E-state index is -0.302. The van der Waals surface area contributed by atoms with E-state index in [0.717, 1.165) is 12.8 Å². The molecule has 2 N–H and O–H groups in total. The molecule has 1 amide bonds. The number of nitrogens with two attached hydrogens (primary N) is 1. The molecular formula is C11H12Cl2N2O2. The Kier molecular flexibility index (Phi) is 3.76. The minimum absolute atomic E-state index is 0.208. The molecule has 0 aromatic heterocycles. The van der Waals surface area contributed by atoms with Gasteiger partial charge in [0.2, 0.25) is 0 Å². The van der Waals surface area contributed by atoms with Gasteiger partial charge in [0.25, 0.3) is 5.91 Å². The topological polar surface area (TPSA) is 55.6 Å². The first-order valence-electron chi connectivity index (χ1n) is 5.29. The maximum absolute atomic E-state index is 12.1. The molecule has 1 saturated heterocycles. The van der Waals surface area contributed by atoms with Crippen LogP contribution >= 0.6 is 23.2 Å². The number of carbonyl (C=O) groups excluding carboxylic acids is 1. The second-order valence-electron chi connectivity index (χ2n) is 3.81. The van der Waals surface area contributed by atoms with Crippen molar-refractivity contribution in [3.63, 3.8) is 0 Å². The van der Waals surface area contributed by atoms with Gasteiger partial charge in [0.05, 0.1) is 22.2 Å². The number of hydroxylamine groups is 2. The van der Waals surface area contributed by atoms with Crippen LogP contribution < -0.4 is 5.73 Å². The van der Waals surface area contributed by atoms with Gasteiger partial charge in [0.15, 0.2) is 0 Å². The van der Waals surface area contributed by atoms with Crippen LogP contribution in [0.25, 0.3) is 0 Å². The highest BCUT2D eigenvalue weighted by Crippen LogP contribution is 2.30. The molecule has 1 aliphatic heterocycles. The molecule has 1 heterocycles. The number of rotatable bonds is 1. The van der Waals surface area contributed by atoms with Gasteiger partial charge >= 0.3 is 0 Å². The molecule has 1 fully saturated rings. The molecule has 0 radical (unpaired) electrons. The summed E-state index contributed by atoms with van der Waals surface area (Å²) in [4.78, 5) is 17.4. The molecule has 6 heteroatoms. The molecule has 0 atom stereocenters. The fraction of sp³-hybridized carbons (Fsp3) is 0.364. The number of amides is 1. The Bertz CT molecular complexity index is 445. The molecule has 2 rings (SSSR count). The monoisotopic (exact) mass is 274 g/mol. The summed E-state index contributed by atoms with van der Waals surface area (Å²) in [7, 11) is 0. The number of halogens is 2. The van der Waals surface area contributed by atoms with E-state index in [1.165, 1.54) is 17.2 Å². The summed E-state index contributed by atoms with van der Waals surface area (Å²) in [6.07, 6.45) is 1.87. The number of nitrogen functional groups attached to an aromatic ring is 1. The fourth-order valence-corrected chi connectivity index (χ4v) is 2.07. The predicted molar refractivity (Wildman–Crippen MR) is 67.1 cm³/mol.